The number of methoxy groups -OCH3 is 1. The summed E-state index contributed by atoms with van der Waals surface area (Å²) < 4.78 is 36.2. The summed E-state index contributed by atoms with van der Waals surface area (Å²) in [6, 6.07) is 10.6. The minimum Gasteiger partial charge on any atom is -0.495 e. The Bertz CT molecular complexity index is 693. The van der Waals surface area contributed by atoms with E-state index in [1.807, 2.05) is 12.1 Å². The van der Waals surface area contributed by atoms with Crippen molar-refractivity contribution in [2.24, 2.45) is 10.7 Å². The number of para-hydroxylation sites is 2. The Labute approximate surface area is 132 Å². The van der Waals surface area contributed by atoms with E-state index in [2.05, 4.69) is 10.3 Å². The molecule has 3 N–H and O–H groups in total. The molecule has 0 aliphatic carbocycles. The van der Waals surface area contributed by atoms with Crippen LogP contribution in [-0.4, -0.2) is 26.2 Å². The summed E-state index contributed by atoms with van der Waals surface area (Å²) in [7, 11) is 1.56. The van der Waals surface area contributed by atoms with E-state index in [1.54, 1.807) is 19.2 Å². The fourth-order valence-electron chi connectivity index (χ4n) is 1.82. The molecule has 0 spiro atoms. The van der Waals surface area contributed by atoms with Gasteiger partial charge in [-0.25, -0.2) is 13.8 Å². The van der Waals surface area contributed by atoms with Gasteiger partial charge in [-0.2, -0.15) is 0 Å². The third kappa shape index (κ3) is 4.84. The van der Waals surface area contributed by atoms with Crippen molar-refractivity contribution in [1.29, 1.82) is 0 Å². The topological polar surface area (TPSA) is 68.9 Å². The average molecular weight is 321 g/mol. The van der Waals surface area contributed by atoms with Gasteiger partial charge in [0.15, 0.2) is 17.6 Å². The summed E-state index contributed by atoms with van der Waals surface area (Å²) in [5.41, 5.74) is 6.46. The molecule has 0 saturated heterocycles. The van der Waals surface area contributed by atoms with Crippen molar-refractivity contribution in [2.75, 3.05) is 25.6 Å². The van der Waals surface area contributed by atoms with Crippen molar-refractivity contribution in [2.45, 2.75) is 0 Å². The Morgan fingerprint density at radius 2 is 1.96 bits per heavy atom. The van der Waals surface area contributed by atoms with Crippen LogP contribution in [0.25, 0.3) is 0 Å². The Kier molecular flexibility index (Phi) is 5.74. The second-order valence-corrected chi connectivity index (χ2v) is 4.52. The number of nitrogens with zero attached hydrogens (tertiary/aromatic N) is 1. The van der Waals surface area contributed by atoms with Gasteiger partial charge in [-0.1, -0.05) is 12.1 Å². The maximum atomic E-state index is 13.0. The molecule has 0 saturated carbocycles. The van der Waals surface area contributed by atoms with Gasteiger partial charge >= 0.3 is 0 Å². The molecule has 5 nitrogen and oxygen atoms in total. The minimum atomic E-state index is -0.955. The van der Waals surface area contributed by atoms with E-state index in [-0.39, 0.29) is 24.9 Å². The monoisotopic (exact) mass is 321 g/mol. The zero-order valence-electron chi connectivity index (χ0n) is 12.6. The van der Waals surface area contributed by atoms with Crippen LogP contribution in [0.15, 0.2) is 47.5 Å². The summed E-state index contributed by atoms with van der Waals surface area (Å²) in [5, 5.41) is 2.91. The molecule has 0 atom stereocenters. The Balaban J connectivity index is 1.84. The smallest absolute Gasteiger partial charge is 0.193 e. The van der Waals surface area contributed by atoms with Crippen LogP contribution in [-0.2, 0) is 0 Å². The van der Waals surface area contributed by atoms with Crippen molar-refractivity contribution in [3.63, 3.8) is 0 Å². The number of guanidine groups is 1. The zero-order valence-corrected chi connectivity index (χ0v) is 12.6. The molecule has 0 aromatic heterocycles. The van der Waals surface area contributed by atoms with E-state index < -0.39 is 11.6 Å². The number of hydrogen-bond acceptors (Lipinski definition) is 3. The lowest BCUT2D eigenvalue weighted by atomic mass is 10.3. The highest BCUT2D eigenvalue weighted by molar-refractivity contribution is 5.93. The number of hydrogen-bond donors (Lipinski definition) is 2. The van der Waals surface area contributed by atoms with E-state index in [4.69, 9.17) is 15.2 Å². The number of halogens is 2. The third-order valence-electron chi connectivity index (χ3n) is 2.90. The SMILES string of the molecule is COc1ccccc1NC(N)=NCCOc1ccc(F)c(F)c1. The van der Waals surface area contributed by atoms with Crippen molar-refractivity contribution in [3.05, 3.63) is 54.1 Å². The molecule has 122 valence electrons. The first-order chi connectivity index (χ1) is 11.1. The molecule has 0 amide bonds. The van der Waals surface area contributed by atoms with Crippen LogP contribution in [0.3, 0.4) is 0 Å². The van der Waals surface area contributed by atoms with Gasteiger partial charge in [-0.3, -0.25) is 0 Å². The fourth-order valence-corrected chi connectivity index (χ4v) is 1.82. The van der Waals surface area contributed by atoms with Crippen LogP contribution >= 0.6 is 0 Å². The van der Waals surface area contributed by atoms with Gasteiger partial charge in [-0.15, -0.1) is 0 Å². The second kappa shape index (κ2) is 7.98. The first kappa shape index (κ1) is 16.5. The molecular weight excluding hydrogens is 304 g/mol. The lowest BCUT2D eigenvalue weighted by Gasteiger charge is -2.10. The van der Waals surface area contributed by atoms with Gasteiger partial charge in [0.05, 0.1) is 19.3 Å². The van der Waals surface area contributed by atoms with Gasteiger partial charge in [-0.05, 0) is 24.3 Å². The van der Waals surface area contributed by atoms with E-state index in [1.165, 1.54) is 6.07 Å². The highest BCUT2D eigenvalue weighted by atomic mass is 19.2. The fraction of sp³-hybridized carbons (Fsp3) is 0.188. The molecular formula is C16H17F2N3O2. The number of nitrogens with two attached hydrogens (primary N) is 1. The molecule has 0 bridgehead atoms. The molecule has 0 unspecified atom stereocenters. The minimum absolute atomic E-state index is 0.180. The standard InChI is InChI=1S/C16H17F2N3O2/c1-22-15-5-3-2-4-14(15)21-16(19)20-8-9-23-11-6-7-12(17)13(18)10-11/h2-7,10H,8-9H2,1H3,(H3,19,20,21). The van der Waals surface area contributed by atoms with Crippen LogP contribution in [0.5, 0.6) is 11.5 Å². The summed E-state index contributed by atoms with van der Waals surface area (Å²) in [6.07, 6.45) is 0. The number of rotatable bonds is 6. The first-order valence-corrected chi connectivity index (χ1v) is 6.88. The molecule has 7 heteroatoms. The summed E-state index contributed by atoms with van der Waals surface area (Å²) in [6.45, 7) is 0.437. The average Bonchev–Trinajstić information content (AvgIpc) is 2.55. The Morgan fingerprint density at radius 3 is 2.70 bits per heavy atom. The van der Waals surface area contributed by atoms with E-state index in [0.717, 1.165) is 12.1 Å². The van der Waals surface area contributed by atoms with Gasteiger partial charge in [0.1, 0.15) is 18.1 Å². The van der Waals surface area contributed by atoms with Gasteiger partial charge in [0.2, 0.25) is 0 Å². The maximum Gasteiger partial charge on any atom is 0.193 e. The molecule has 0 radical (unpaired) electrons. The highest BCUT2D eigenvalue weighted by Crippen LogP contribution is 2.22. The van der Waals surface area contributed by atoms with Gasteiger partial charge in [0.25, 0.3) is 0 Å². The van der Waals surface area contributed by atoms with Crippen LogP contribution in [0.2, 0.25) is 0 Å². The lowest BCUT2D eigenvalue weighted by Crippen LogP contribution is -2.23. The summed E-state index contributed by atoms with van der Waals surface area (Å²) >= 11 is 0. The van der Waals surface area contributed by atoms with E-state index in [0.29, 0.717) is 11.4 Å². The molecule has 0 aliphatic rings. The van der Waals surface area contributed by atoms with Crippen molar-refractivity contribution >= 4 is 11.6 Å². The largest absolute Gasteiger partial charge is 0.495 e. The number of nitrogens with one attached hydrogen (secondary N) is 1. The van der Waals surface area contributed by atoms with Gasteiger partial charge < -0.3 is 20.5 Å². The summed E-state index contributed by atoms with van der Waals surface area (Å²) in [4.78, 5) is 4.08. The number of anilines is 1. The molecule has 2 rings (SSSR count). The normalized spacial score (nSPS) is 11.2. The molecule has 2 aromatic rings. The first-order valence-electron chi connectivity index (χ1n) is 6.88. The van der Waals surface area contributed by atoms with Crippen LogP contribution in [0.4, 0.5) is 14.5 Å². The van der Waals surface area contributed by atoms with Crippen molar-refractivity contribution < 1.29 is 18.3 Å². The molecule has 0 aliphatic heterocycles. The summed E-state index contributed by atoms with van der Waals surface area (Å²) in [5.74, 6) is -0.800. The van der Waals surface area contributed by atoms with Gasteiger partial charge in [0, 0.05) is 6.07 Å². The molecule has 0 heterocycles. The second-order valence-electron chi connectivity index (χ2n) is 4.52. The molecule has 23 heavy (non-hydrogen) atoms. The van der Waals surface area contributed by atoms with Crippen molar-refractivity contribution in [3.8, 4) is 11.5 Å². The van der Waals surface area contributed by atoms with Crippen LogP contribution < -0.4 is 20.5 Å². The highest BCUT2D eigenvalue weighted by Gasteiger charge is 2.04. The predicted octanol–water partition coefficient (Wildman–Crippen LogP) is 2.78. The van der Waals surface area contributed by atoms with E-state index in [9.17, 15) is 8.78 Å². The quantitative estimate of drug-likeness (QED) is 0.488. The van der Waals surface area contributed by atoms with Crippen molar-refractivity contribution in [1.82, 2.24) is 0 Å². The Morgan fingerprint density at radius 1 is 1.17 bits per heavy atom. The number of benzene rings is 2. The molecule has 0 fully saturated rings. The zero-order chi connectivity index (χ0) is 16.7. The molecule has 2 aromatic carbocycles. The van der Waals surface area contributed by atoms with E-state index >= 15 is 0 Å². The third-order valence-corrected chi connectivity index (χ3v) is 2.90. The van der Waals surface area contributed by atoms with Crippen LogP contribution in [0.1, 0.15) is 0 Å². The lowest BCUT2D eigenvalue weighted by molar-refractivity contribution is 0.325. The number of ether oxygens (including phenoxy) is 2. The van der Waals surface area contributed by atoms with Crippen LogP contribution in [0, 0.1) is 11.6 Å². The Hall–Kier alpha value is -2.83. The maximum absolute atomic E-state index is 13.0. The number of aliphatic imine (C=N–C) groups is 1. The predicted molar refractivity (Wildman–Crippen MR) is 85.0 cm³/mol.